The Labute approximate surface area is 219 Å². The van der Waals surface area contributed by atoms with Crippen LogP contribution in [0.5, 0.6) is 0 Å². The zero-order valence-corrected chi connectivity index (χ0v) is 21.1. The lowest BCUT2D eigenvalue weighted by Crippen LogP contribution is -2.53. The second-order valence-corrected chi connectivity index (χ2v) is 9.77. The minimum absolute atomic E-state index is 0.234. The molecule has 204 valence electrons. The number of urea groups is 1. The molecule has 1 N–H and O–H groups in total. The highest BCUT2D eigenvalue weighted by atomic mass is 19.4. The summed E-state index contributed by atoms with van der Waals surface area (Å²) in [5, 5.41) is 9.84. The van der Waals surface area contributed by atoms with Crippen molar-refractivity contribution in [2.24, 2.45) is 10.9 Å². The molecule has 2 aromatic carbocycles. The molecule has 38 heavy (non-hydrogen) atoms. The van der Waals surface area contributed by atoms with E-state index in [1.807, 2.05) is 0 Å². The molecule has 2 amide bonds. The fraction of sp³-hybridized carbons (Fsp3) is 0.429. The third-order valence-corrected chi connectivity index (χ3v) is 7.10. The standard InChI is InChI=1S/C28H31F4N3O3/c1-18(19-5-4-8-24(29)15-19)33-26(38-2)22-13-21(20-6-3-7-23(14-20)28(30,31)32)16-35(17-22)27(37)34-11-9-25(36)10-12-34/h3-8,14-15,21-22,25,36H,1,9-13,16-17H2,2H3. The smallest absolute Gasteiger partial charge is 0.416 e. The summed E-state index contributed by atoms with van der Waals surface area (Å²) >= 11 is 0. The number of rotatable bonds is 4. The molecular weight excluding hydrogens is 502 g/mol. The van der Waals surface area contributed by atoms with E-state index < -0.39 is 35.5 Å². The molecule has 0 aromatic heterocycles. The van der Waals surface area contributed by atoms with Gasteiger partial charge in [-0.2, -0.15) is 13.2 Å². The van der Waals surface area contributed by atoms with Crippen molar-refractivity contribution in [3.63, 3.8) is 0 Å². The van der Waals surface area contributed by atoms with E-state index in [2.05, 4.69) is 11.6 Å². The Hall–Kier alpha value is -3.40. The van der Waals surface area contributed by atoms with Gasteiger partial charge in [0.15, 0.2) is 5.90 Å². The molecule has 2 aliphatic heterocycles. The van der Waals surface area contributed by atoms with E-state index in [1.54, 1.807) is 21.9 Å². The molecule has 2 saturated heterocycles. The average Bonchev–Trinajstić information content (AvgIpc) is 2.91. The number of aliphatic hydroxyl groups excluding tert-OH is 1. The van der Waals surface area contributed by atoms with Crippen molar-refractivity contribution in [3.8, 4) is 0 Å². The molecule has 0 radical (unpaired) electrons. The normalized spacial score (nSPS) is 21.4. The van der Waals surface area contributed by atoms with Crippen LogP contribution in [0.15, 0.2) is 60.1 Å². The first-order valence-electron chi connectivity index (χ1n) is 12.5. The SMILES string of the molecule is C=C(N=C(OC)C1CC(c2cccc(C(F)(F)F)c2)CN(C(=O)N2CCC(O)CC2)C1)c1cccc(F)c1. The van der Waals surface area contributed by atoms with Gasteiger partial charge in [-0.15, -0.1) is 0 Å². The van der Waals surface area contributed by atoms with Crippen molar-refractivity contribution >= 4 is 17.6 Å². The molecule has 0 aliphatic carbocycles. The van der Waals surface area contributed by atoms with Crippen LogP contribution in [0.2, 0.25) is 0 Å². The van der Waals surface area contributed by atoms with Crippen LogP contribution < -0.4 is 0 Å². The van der Waals surface area contributed by atoms with Gasteiger partial charge in [-0.1, -0.05) is 36.9 Å². The number of benzene rings is 2. The molecule has 2 fully saturated rings. The predicted molar refractivity (Wildman–Crippen MR) is 136 cm³/mol. The molecule has 4 rings (SSSR count). The van der Waals surface area contributed by atoms with Crippen molar-refractivity contribution < 1.29 is 32.2 Å². The number of amides is 2. The van der Waals surface area contributed by atoms with Crippen molar-refractivity contribution in [2.45, 2.75) is 37.5 Å². The number of hydrogen-bond donors (Lipinski definition) is 1. The van der Waals surface area contributed by atoms with Gasteiger partial charge in [-0.3, -0.25) is 0 Å². The molecular formula is C28H31F4N3O3. The number of carbonyl (C=O) groups is 1. The summed E-state index contributed by atoms with van der Waals surface area (Å²) in [5.74, 6) is -1.01. The molecule has 2 aliphatic rings. The summed E-state index contributed by atoms with van der Waals surface area (Å²) in [5.41, 5.74) is 0.450. The van der Waals surface area contributed by atoms with Crippen molar-refractivity contribution in [1.82, 2.24) is 9.80 Å². The number of aliphatic imine (C=N–C) groups is 1. The van der Waals surface area contributed by atoms with Crippen LogP contribution in [0.25, 0.3) is 5.70 Å². The van der Waals surface area contributed by atoms with Gasteiger partial charge in [0.2, 0.25) is 0 Å². The van der Waals surface area contributed by atoms with E-state index in [1.165, 1.54) is 31.4 Å². The van der Waals surface area contributed by atoms with Gasteiger partial charge in [-0.05, 0) is 43.0 Å². The maximum Gasteiger partial charge on any atom is 0.416 e. The van der Waals surface area contributed by atoms with Gasteiger partial charge in [-0.25, -0.2) is 14.2 Å². The number of aliphatic hydroxyl groups is 1. The molecule has 6 nitrogen and oxygen atoms in total. The Kier molecular flexibility index (Phi) is 8.40. The predicted octanol–water partition coefficient (Wildman–Crippen LogP) is 5.54. The molecule has 0 spiro atoms. The Morgan fingerprint density at radius 1 is 1.08 bits per heavy atom. The van der Waals surface area contributed by atoms with E-state index in [0.717, 1.165) is 12.1 Å². The average molecular weight is 534 g/mol. The van der Waals surface area contributed by atoms with E-state index >= 15 is 0 Å². The number of ether oxygens (including phenoxy) is 1. The van der Waals surface area contributed by atoms with Crippen LogP contribution >= 0.6 is 0 Å². The van der Waals surface area contributed by atoms with Crippen LogP contribution in [0.4, 0.5) is 22.4 Å². The minimum Gasteiger partial charge on any atom is -0.484 e. The lowest BCUT2D eigenvalue weighted by molar-refractivity contribution is -0.137. The fourth-order valence-electron chi connectivity index (χ4n) is 5.07. The highest BCUT2D eigenvalue weighted by molar-refractivity contribution is 5.86. The Bertz CT molecular complexity index is 1190. The Morgan fingerprint density at radius 3 is 2.45 bits per heavy atom. The summed E-state index contributed by atoms with van der Waals surface area (Å²) in [4.78, 5) is 21.2. The first kappa shape index (κ1) is 27.6. The van der Waals surface area contributed by atoms with Gasteiger partial charge in [0.1, 0.15) is 5.82 Å². The number of alkyl halides is 3. The zero-order chi connectivity index (χ0) is 27.4. The molecule has 0 saturated carbocycles. The van der Waals surface area contributed by atoms with Crippen LogP contribution in [-0.2, 0) is 10.9 Å². The largest absolute Gasteiger partial charge is 0.484 e. The van der Waals surface area contributed by atoms with Gasteiger partial charge in [0, 0.05) is 37.7 Å². The number of halogens is 4. The lowest BCUT2D eigenvalue weighted by Gasteiger charge is -2.41. The molecule has 0 bridgehead atoms. The third-order valence-electron chi connectivity index (χ3n) is 7.10. The summed E-state index contributed by atoms with van der Waals surface area (Å²) in [6.07, 6.45) is -3.60. The first-order chi connectivity index (χ1) is 18.0. The van der Waals surface area contributed by atoms with E-state index in [9.17, 15) is 27.5 Å². The number of piperidine rings is 2. The molecule has 2 heterocycles. The van der Waals surface area contributed by atoms with Crippen LogP contribution in [0.3, 0.4) is 0 Å². The number of likely N-dealkylation sites (tertiary alicyclic amines) is 2. The monoisotopic (exact) mass is 533 g/mol. The second-order valence-electron chi connectivity index (χ2n) is 9.77. The summed E-state index contributed by atoms with van der Waals surface area (Å²) in [6.45, 7) is 5.21. The maximum atomic E-state index is 13.7. The van der Waals surface area contributed by atoms with E-state index in [-0.39, 0.29) is 30.7 Å². The topological polar surface area (TPSA) is 65.4 Å². The van der Waals surface area contributed by atoms with Gasteiger partial charge < -0.3 is 19.6 Å². The second kappa shape index (κ2) is 11.6. The minimum atomic E-state index is -4.49. The maximum absolute atomic E-state index is 13.7. The van der Waals surface area contributed by atoms with Crippen molar-refractivity contribution in [2.75, 3.05) is 33.3 Å². The van der Waals surface area contributed by atoms with E-state index in [4.69, 9.17) is 4.74 Å². The highest BCUT2D eigenvalue weighted by Gasteiger charge is 2.38. The number of carbonyl (C=O) groups excluding carboxylic acids is 1. The summed E-state index contributed by atoms with van der Waals surface area (Å²) in [6, 6.07) is 10.7. The number of methoxy groups -OCH3 is 1. The zero-order valence-electron chi connectivity index (χ0n) is 21.1. The number of nitrogens with zero attached hydrogens (tertiary/aromatic N) is 3. The fourth-order valence-corrected chi connectivity index (χ4v) is 5.07. The van der Waals surface area contributed by atoms with Crippen molar-refractivity contribution in [1.29, 1.82) is 0 Å². The van der Waals surface area contributed by atoms with Crippen LogP contribution in [0.1, 0.15) is 41.9 Å². The van der Waals surface area contributed by atoms with Gasteiger partial charge in [0.05, 0.1) is 30.4 Å². The molecule has 2 aromatic rings. The summed E-state index contributed by atoms with van der Waals surface area (Å²) < 4.78 is 59.6. The molecule has 2 atom stereocenters. The first-order valence-corrected chi connectivity index (χ1v) is 12.5. The molecule has 10 heteroatoms. The van der Waals surface area contributed by atoms with E-state index in [0.29, 0.717) is 43.5 Å². The number of hydrogen-bond acceptors (Lipinski definition) is 4. The molecule has 2 unspecified atom stereocenters. The van der Waals surface area contributed by atoms with Crippen LogP contribution in [0, 0.1) is 11.7 Å². The highest BCUT2D eigenvalue weighted by Crippen LogP contribution is 2.36. The lowest BCUT2D eigenvalue weighted by atomic mass is 9.83. The van der Waals surface area contributed by atoms with Gasteiger partial charge in [0.25, 0.3) is 0 Å². The van der Waals surface area contributed by atoms with Gasteiger partial charge >= 0.3 is 12.2 Å². The van der Waals surface area contributed by atoms with Crippen molar-refractivity contribution in [3.05, 3.63) is 77.6 Å². The summed E-state index contributed by atoms with van der Waals surface area (Å²) in [7, 11) is 1.43. The Balaban J connectivity index is 1.64. The van der Waals surface area contributed by atoms with Crippen LogP contribution in [-0.4, -0.2) is 66.2 Å². The quantitative estimate of drug-likeness (QED) is 0.319. The third kappa shape index (κ3) is 6.53. The Morgan fingerprint density at radius 2 is 1.79 bits per heavy atom.